The number of hydrogen-bond donors (Lipinski definition) is 0. The monoisotopic (exact) mass is 635 g/mol. The maximum Gasteiger partial charge on any atom is 0.135 e. The number of ether oxygens (including phenoxy) is 1. The van der Waals surface area contributed by atoms with E-state index < -0.39 is 0 Å². The fourth-order valence-electron chi connectivity index (χ4n) is 8.37. The standard InChI is InChI=1S/C48H29NO/c1-2-13-34(14-3-1)49-47-36-15-6-4-11-30(36)25-26-41(47)46-42(29-33-12-5-7-16-37(33)48(46)49)32-23-21-31(22-24-32)35-27-28-44-45-39(35)18-10-19-40(45)38-17-8-9-20-43(38)50-44/h1-29H. The van der Waals surface area contributed by atoms with Gasteiger partial charge in [-0.05, 0) is 74.3 Å². The van der Waals surface area contributed by atoms with Crippen LogP contribution in [0.3, 0.4) is 0 Å². The van der Waals surface area contributed by atoms with Gasteiger partial charge < -0.3 is 9.30 Å². The number of rotatable bonds is 3. The fraction of sp³-hybridized carbons (Fsp3) is 0. The van der Waals surface area contributed by atoms with Crippen molar-refractivity contribution in [1.29, 1.82) is 0 Å². The topological polar surface area (TPSA) is 14.2 Å². The molecule has 0 bridgehead atoms. The zero-order valence-electron chi connectivity index (χ0n) is 27.1. The van der Waals surface area contributed by atoms with Crippen LogP contribution in [0.4, 0.5) is 0 Å². The molecule has 10 aromatic rings. The Morgan fingerprint density at radius 2 is 1.00 bits per heavy atom. The Morgan fingerprint density at radius 1 is 0.340 bits per heavy atom. The molecule has 1 aliphatic heterocycles. The van der Waals surface area contributed by atoms with E-state index in [0.29, 0.717) is 0 Å². The molecule has 0 radical (unpaired) electrons. The van der Waals surface area contributed by atoms with Crippen LogP contribution >= 0.6 is 0 Å². The van der Waals surface area contributed by atoms with E-state index in [1.54, 1.807) is 0 Å². The van der Waals surface area contributed by atoms with Crippen molar-refractivity contribution in [2.45, 2.75) is 0 Å². The van der Waals surface area contributed by atoms with Gasteiger partial charge in [0.25, 0.3) is 0 Å². The Balaban J connectivity index is 1.16. The average molecular weight is 636 g/mol. The summed E-state index contributed by atoms with van der Waals surface area (Å²) in [6, 6.07) is 63.8. The second-order valence-electron chi connectivity index (χ2n) is 13.2. The van der Waals surface area contributed by atoms with Gasteiger partial charge in [-0.15, -0.1) is 0 Å². The minimum Gasteiger partial charge on any atom is -0.456 e. The number of para-hydroxylation sites is 2. The summed E-state index contributed by atoms with van der Waals surface area (Å²) < 4.78 is 8.88. The molecule has 0 unspecified atom stereocenters. The largest absolute Gasteiger partial charge is 0.456 e. The molecule has 0 saturated heterocycles. The third-order valence-electron chi connectivity index (χ3n) is 10.6. The van der Waals surface area contributed by atoms with E-state index in [9.17, 15) is 0 Å². The lowest BCUT2D eigenvalue weighted by atomic mass is 9.89. The van der Waals surface area contributed by atoms with E-state index in [4.69, 9.17) is 4.74 Å². The SMILES string of the molecule is c1ccc(-n2c3c4ccccc4ccc3c3c(-c4ccc(-c5ccc6c7c(cccc57)-c5ccccc5O6)cc4)cc4ccccc4c32)cc1. The van der Waals surface area contributed by atoms with Crippen LogP contribution in [-0.4, -0.2) is 4.57 Å². The van der Waals surface area contributed by atoms with Crippen molar-refractivity contribution >= 4 is 54.1 Å². The van der Waals surface area contributed by atoms with Crippen LogP contribution in [0.25, 0.3) is 93.2 Å². The minimum atomic E-state index is 0.910. The van der Waals surface area contributed by atoms with Crippen LogP contribution in [0.2, 0.25) is 0 Å². The molecule has 2 nitrogen and oxygen atoms in total. The van der Waals surface area contributed by atoms with Gasteiger partial charge in [-0.1, -0.05) is 146 Å². The first-order chi connectivity index (χ1) is 24.8. The van der Waals surface area contributed by atoms with Gasteiger partial charge in [-0.3, -0.25) is 0 Å². The van der Waals surface area contributed by atoms with Gasteiger partial charge in [0.2, 0.25) is 0 Å². The second-order valence-corrected chi connectivity index (χ2v) is 13.2. The lowest BCUT2D eigenvalue weighted by Crippen LogP contribution is -1.97. The molecule has 0 fully saturated rings. The Hall–Kier alpha value is -6.64. The molecule has 1 aliphatic rings. The highest BCUT2D eigenvalue weighted by atomic mass is 16.5. The molecule has 0 aliphatic carbocycles. The Morgan fingerprint density at radius 3 is 1.84 bits per heavy atom. The highest BCUT2D eigenvalue weighted by Crippen LogP contribution is 2.49. The molecule has 2 heteroatoms. The van der Waals surface area contributed by atoms with E-state index in [-0.39, 0.29) is 0 Å². The van der Waals surface area contributed by atoms with Gasteiger partial charge in [0, 0.05) is 38.2 Å². The van der Waals surface area contributed by atoms with Gasteiger partial charge in [0.1, 0.15) is 11.5 Å². The van der Waals surface area contributed by atoms with Gasteiger partial charge in [-0.2, -0.15) is 0 Å². The number of nitrogens with zero attached hydrogens (tertiary/aromatic N) is 1. The molecule has 0 amide bonds. The molecule has 0 N–H and O–H groups in total. The summed E-state index contributed by atoms with van der Waals surface area (Å²) in [6.07, 6.45) is 0. The van der Waals surface area contributed by atoms with Gasteiger partial charge in [-0.25, -0.2) is 0 Å². The molecule has 0 saturated carbocycles. The molecule has 0 atom stereocenters. The van der Waals surface area contributed by atoms with Crippen LogP contribution < -0.4 is 4.74 Å². The number of aromatic nitrogens is 1. The lowest BCUT2D eigenvalue weighted by molar-refractivity contribution is 0.487. The maximum absolute atomic E-state index is 6.39. The van der Waals surface area contributed by atoms with E-state index in [0.717, 1.165) is 22.7 Å². The van der Waals surface area contributed by atoms with E-state index in [1.807, 2.05) is 12.1 Å². The summed E-state index contributed by atoms with van der Waals surface area (Å²) in [5.41, 5.74) is 10.8. The molecular formula is C48H29NO. The first-order valence-electron chi connectivity index (χ1n) is 17.2. The Bertz CT molecular complexity index is 2990. The molecule has 2 heterocycles. The van der Waals surface area contributed by atoms with E-state index >= 15 is 0 Å². The van der Waals surface area contributed by atoms with Crippen molar-refractivity contribution in [1.82, 2.24) is 4.57 Å². The highest BCUT2D eigenvalue weighted by Gasteiger charge is 2.23. The van der Waals surface area contributed by atoms with Crippen LogP contribution in [0.5, 0.6) is 11.5 Å². The third-order valence-corrected chi connectivity index (χ3v) is 10.6. The van der Waals surface area contributed by atoms with Gasteiger partial charge in [0.15, 0.2) is 0 Å². The maximum atomic E-state index is 6.39. The van der Waals surface area contributed by atoms with Crippen LogP contribution in [0.1, 0.15) is 0 Å². The van der Waals surface area contributed by atoms with Crippen LogP contribution in [0.15, 0.2) is 176 Å². The molecule has 9 aromatic carbocycles. The van der Waals surface area contributed by atoms with Gasteiger partial charge in [0.05, 0.1) is 11.0 Å². The van der Waals surface area contributed by atoms with Crippen LogP contribution in [0, 0.1) is 0 Å². The fourth-order valence-corrected chi connectivity index (χ4v) is 8.37. The van der Waals surface area contributed by atoms with Crippen molar-refractivity contribution in [3.05, 3.63) is 176 Å². The van der Waals surface area contributed by atoms with Crippen LogP contribution in [-0.2, 0) is 0 Å². The predicted molar refractivity (Wildman–Crippen MR) is 210 cm³/mol. The van der Waals surface area contributed by atoms with Gasteiger partial charge >= 0.3 is 0 Å². The summed E-state index contributed by atoms with van der Waals surface area (Å²) in [6.45, 7) is 0. The number of hydrogen-bond acceptors (Lipinski definition) is 1. The second kappa shape index (κ2) is 10.4. The first-order valence-corrected chi connectivity index (χ1v) is 17.2. The van der Waals surface area contributed by atoms with Crippen molar-refractivity contribution < 1.29 is 4.74 Å². The first kappa shape index (κ1) is 27.3. The van der Waals surface area contributed by atoms with E-state index in [1.165, 1.54) is 81.9 Å². The molecule has 1 aromatic heterocycles. The summed E-state index contributed by atoms with van der Waals surface area (Å²) in [5.74, 6) is 1.82. The average Bonchev–Trinajstić information content (AvgIpc) is 3.55. The third kappa shape index (κ3) is 3.85. The number of benzene rings is 9. The summed E-state index contributed by atoms with van der Waals surface area (Å²) >= 11 is 0. The Labute approximate surface area is 289 Å². The van der Waals surface area contributed by atoms with E-state index in [2.05, 4.69) is 168 Å². The minimum absolute atomic E-state index is 0.910. The molecule has 232 valence electrons. The number of fused-ring (bicyclic) bond motifs is 9. The Kier molecular flexibility index (Phi) is 5.70. The highest BCUT2D eigenvalue weighted by molar-refractivity contribution is 6.28. The zero-order chi connectivity index (χ0) is 32.8. The summed E-state index contributed by atoms with van der Waals surface area (Å²) in [5, 5.41) is 9.88. The van der Waals surface area contributed by atoms with Crippen molar-refractivity contribution in [2.24, 2.45) is 0 Å². The molecule has 11 rings (SSSR count). The summed E-state index contributed by atoms with van der Waals surface area (Å²) in [4.78, 5) is 0. The molecule has 0 spiro atoms. The predicted octanol–water partition coefficient (Wildman–Crippen LogP) is 13.3. The molecular weight excluding hydrogens is 607 g/mol. The van der Waals surface area contributed by atoms with Crippen molar-refractivity contribution in [2.75, 3.05) is 0 Å². The van der Waals surface area contributed by atoms with Crippen molar-refractivity contribution in [3.8, 4) is 50.6 Å². The lowest BCUT2D eigenvalue weighted by Gasteiger charge is -2.22. The smallest absolute Gasteiger partial charge is 0.135 e. The zero-order valence-corrected chi connectivity index (χ0v) is 27.1. The normalized spacial score (nSPS) is 12.2. The summed E-state index contributed by atoms with van der Waals surface area (Å²) in [7, 11) is 0. The van der Waals surface area contributed by atoms with Crippen molar-refractivity contribution in [3.63, 3.8) is 0 Å². The molecule has 50 heavy (non-hydrogen) atoms. The quantitative estimate of drug-likeness (QED) is 0.188.